The zero-order chi connectivity index (χ0) is 20.4. The molecule has 0 aliphatic carbocycles. The standard InChI is InChI=1S/C25H27N3O/c1-25(2,3)19-7-12-22(13-8-19)29-21-10-4-17(5-11-21)16-27-24-14-18-6-9-20(26)15-23(18)28-24/h4-13,15H,14,16,26H2,1-3H3,(H,27,28). The average Bonchev–Trinajstić information content (AvgIpc) is 3.09. The average molecular weight is 386 g/mol. The number of anilines is 2. The topological polar surface area (TPSA) is 59.6 Å². The zero-order valence-corrected chi connectivity index (χ0v) is 17.2. The molecule has 1 aliphatic heterocycles. The minimum atomic E-state index is 0.143. The van der Waals surface area contributed by atoms with Gasteiger partial charge < -0.3 is 15.8 Å². The van der Waals surface area contributed by atoms with Gasteiger partial charge in [0.25, 0.3) is 0 Å². The van der Waals surface area contributed by atoms with Gasteiger partial charge in [0.15, 0.2) is 0 Å². The predicted molar refractivity (Wildman–Crippen MR) is 121 cm³/mol. The minimum absolute atomic E-state index is 0.143. The van der Waals surface area contributed by atoms with Crippen LogP contribution in [0.1, 0.15) is 37.5 Å². The Balaban J connectivity index is 1.36. The first-order chi connectivity index (χ1) is 13.9. The number of hydrogen-bond donors (Lipinski definition) is 2. The summed E-state index contributed by atoms with van der Waals surface area (Å²) >= 11 is 0. The van der Waals surface area contributed by atoms with E-state index >= 15 is 0 Å². The fourth-order valence-corrected chi connectivity index (χ4v) is 3.35. The van der Waals surface area contributed by atoms with Gasteiger partial charge >= 0.3 is 0 Å². The normalized spacial score (nSPS) is 14.5. The fourth-order valence-electron chi connectivity index (χ4n) is 3.35. The Morgan fingerprint density at radius 3 is 2.24 bits per heavy atom. The lowest BCUT2D eigenvalue weighted by Gasteiger charge is -2.19. The summed E-state index contributed by atoms with van der Waals surface area (Å²) in [5.74, 6) is 2.65. The Labute approximate surface area is 172 Å². The van der Waals surface area contributed by atoms with E-state index < -0.39 is 0 Å². The van der Waals surface area contributed by atoms with Crippen LogP contribution in [0.25, 0.3) is 0 Å². The van der Waals surface area contributed by atoms with Crippen molar-refractivity contribution >= 4 is 17.2 Å². The van der Waals surface area contributed by atoms with E-state index in [4.69, 9.17) is 15.5 Å². The van der Waals surface area contributed by atoms with E-state index in [0.29, 0.717) is 6.54 Å². The molecule has 0 amide bonds. The number of aliphatic imine (C=N–C) groups is 1. The Hall–Kier alpha value is -3.27. The molecule has 1 heterocycles. The van der Waals surface area contributed by atoms with Crippen LogP contribution < -0.4 is 15.8 Å². The van der Waals surface area contributed by atoms with Gasteiger partial charge in [-0.2, -0.15) is 0 Å². The fraction of sp³-hybridized carbons (Fsp3) is 0.240. The SMILES string of the molecule is CC(C)(C)c1ccc(Oc2ccc(CN=C3Cc4ccc(N)cc4N3)cc2)cc1. The van der Waals surface area contributed by atoms with Crippen LogP contribution in [0.4, 0.5) is 11.4 Å². The highest BCUT2D eigenvalue weighted by Crippen LogP contribution is 2.28. The second-order valence-electron chi connectivity index (χ2n) is 8.50. The van der Waals surface area contributed by atoms with Gasteiger partial charge in [-0.3, -0.25) is 4.99 Å². The maximum atomic E-state index is 5.97. The molecule has 3 aromatic carbocycles. The molecule has 3 aromatic rings. The second-order valence-corrected chi connectivity index (χ2v) is 8.50. The van der Waals surface area contributed by atoms with E-state index in [0.717, 1.165) is 40.7 Å². The molecule has 148 valence electrons. The maximum Gasteiger partial charge on any atom is 0.127 e. The number of nitrogens with two attached hydrogens (primary N) is 1. The molecule has 0 spiro atoms. The molecular weight excluding hydrogens is 358 g/mol. The van der Waals surface area contributed by atoms with Gasteiger partial charge in [-0.1, -0.05) is 51.1 Å². The van der Waals surface area contributed by atoms with Gasteiger partial charge in [0.2, 0.25) is 0 Å². The van der Waals surface area contributed by atoms with Crippen molar-refractivity contribution in [3.05, 3.63) is 83.4 Å². The Morgan fingerprint density at radius 2 is 1.59 bits per heavy atom. The molecule has 1 aliphatic rings. The first-order valence-electron chi connectivity index (χ1n) is 9.93. The van der Waals surface area contributed by atoms with E-state index in [-0.39, 0.29) is 5.41 Å². The molecule has 3 N–H and O–H groups in total. The number of ether oxygens (including phenoxy) is 1. The van der Waals surface area contributed by atoms with Crippen LogP contribution in [-0.4, -0.2) is 5.84 Å². The Morgan fingerprint density at radius 1 is 0.931 bits per heavy atom. The van der Waals surface area contributed by atoms with Gasteiger partial charge in [-0.05, 0) is 58.5 Å². The molecule has 0 saturated heterocycles. The molecule has 0 aromatic heterocycles. The molecule has 0 atom stereocenters. The van der Waals surface area contributed by atoms with Gasteiger partial charge in [-0.15, -0.1) is 0 Å². The molecule has 4 nitrogen and oxygen atoms in total. The monoisotopic (exact) mass is 385 g/mol. The third-order valence-electron chi connectivity index (χ3n) is 5.10. The smallest absolute Gasteiger partial charge is 0.127 e. The lowest BCUT2D eigenvalue weighted by Crippen LogP contribution is -2.10. The molecule has 4 heteroatoms. The van der Waals surface area contributed by atoms with Gasteiger partial charge in [0.05, 0.1) is 6.54 Å². The van der Waals surface area contributed by atoms with Crippen LogP contribution in [0.2, 0.25) is 0 Å². The summed E-state index contributed by atoms with van der Waals surface area (Å²) in [4.78, 5) is 4.71. The predicted octanol–water partition coefficient (Wildman–Crippen LogP) is 5.93. The largest absolute Gasteiger partial charge is 0.457 e. The first-order valence-corrected chi connectivity index (χ1v) is 9.93. The summed E-state index contributed by atoms with van der Waals surface area (Å²) < 4.78 is 5.97. The number of fused-ring (bicyclic) bond motifs is 1. The van der Waals surface area contributed by atoms with Crippen LogP contribution in [0.15, 0.2) is 71.7 Å². The highest BCUT2D eigenvalue weighted by molar-refractivity contribution is 6.03. The highest BCUT2D eigenvalue weighted by Gasteiger charge is 2.16. The number of hydrogen-bond acceptors (Lipinski definition) is 3. The van der Waals surface area contributed by atoms with Gasteiger partial charge in [0.1, 0.15) is 17.3 Å². The number of nitrogens with one attached hydrogen (secondary N) is 1. The van der Waals surface area contributed by atoms with Gasteiger partial charge in [-0.25, -0.2) is 0 Å². The third-order valence-corrected chi connectivity index (χ3v) is 5.10. The number of nitrogen functional groups attached to an aromatic ring is 1. The summed E-state index contributed by atoms with van der Waals surface area (Å²) in [5, 5.41) is 3.35. The van der Waals surface area contributed by atoms with Crippen LogP contribution in [0.5, 0.6) is 11.5 Å². The van der Waals surface area contributed by atoms with Crippen molar-refractivity contribution in [2.24, 2.45) is 4.99 Å². The van der Waals surface area contributed by atoms with Crippen LogP contribution in [0.3, 0.4) is 0 Å². The Bertz CT molecular complexity index is 1030. The van der Waals surface area contributed by atoms with Crippen molar-refractivity contribution in [1.29, 1.82) is 0 Å². The van der Waals surface area contributed by atoms with E-state index in [9.17, 15) is 0 Å². The van der Waals surface area contributed by atoms with Crippen LogP contribution in [-0.2, 0) is 18.4 Å². The molecule has 0 bridgehead atoms. The molecule has 0 fully saturated rings. The first kappa shape index (κ1) is 19.1. The van der Waals surface area contributed by atoms with Crippen molar-refractivity contribution in [3.8, 4) is 11.5 Å². The van der Waals surface area contributed by atoms with Crippen molar-refractivity contribution in [2.75, 3.05) is 11.1 Å². The quantitative estimate of drug-likeness (QED) is 0.548. The molecule has 4 rings (SSSR count). The van der Waals surface area contributed by atoms with E-state index in [2.05, 4.69) is 56.4 Å². The number of nitrogens with zero attached hydrogens (tertiary/aromatic N) is 1. The van der Waals surface area contributed by atoms with E-state index in [1.807, 2.05) is 36.4 Å². The van der Waals surface area contributed by atoms with Crippen molar-refractivity contribution in [3.63, 3.8) is 0 Å². The van der Waals surface area contributed by atoms with Crippen molar-refractivity contribution in [2.45, 2.75) is 39.2 Å². The minimum Gasteiger partial charge on any atom is -0.457 e. The van der Waals surface area contributed by atoms with E-state index in [1.165, 1.54) is 11.1 Å². The maximum absolute atomic E-state index is 5.97. The Kier molecular flexibility index (Phi) is 5.01. The van der Waals surface area contributed by atoms with Crippen molar-refractivity contribution in [1.82, 2.24) is 0 Å². The number of benzene rings is 3. The number of rotatable bonds is 4. The zero-order valence-electron chi connectivity index (χ0n) is 17.2. The second kappa shape index (κ2) is 7.63. The summed E-state index contributed by atoms with van der Waals surface area (Å²) in [6.45, 7) is 7.26. The van der Waals surface area contributed by atoms with Crippen LogP contribution in [0, 0.1) is 0 Å². The summed E-state index contributed by atoms with van der Waals surface area (Å²) in [6.07, 6.45) is 0.821. The van der Waals surface area contributed by atoms with Crippen LogP contribution >= 0.6 is 0 Å². The van der Waals surface area contributed by atoms with Gasteiger partial charge in [0, 0.05) is 17.8 Å². The summed E-state index contributed by atoms with van der Waals surface area (Å²) in [7, 11) is 0. The lowest BCUT2D eigenvalue weighted by molar-refractivity contribution is 0.481. The van der Waals surface area contributed by atoms with Crippen molar-refractivity contribution < 1.29 is 4.74 Å². The third kappa shape index (κ3) is 4.60. The molecule has 0 saturated carbocycles. The molecule has 0 radical (unpaired) electrons. The number of amidine groups is 1. The van der Waals surface area contributed by atoms with E-state index in [1.54, 1.807) is 0 Å². The molecule has 29 heavy (non-hydrogen) atoms. The molecule has 0 unspecified atom stereocenters. The highest BCUT2D eigenvalue weighted by atomic mass is 16.5. The lowest BCUT2D eigenvalue weighted by atomic mass is 9.87. The summed E-state index contributed by atoms with van der Waals surface area (Å²) in [6, 6.07) is 22.3. The molecular formula is C25H27N3O. The summed E-state index contributed by atoms with van der Waals surface area (Å²) in [5.41, 5.74) is 11.5.